The van der Waals surface area contributed by atoms with Crippen LogP contribution in [0.1, 0.15) is 58.8 Å². The maximum absolute atomic E-state index is 12.3. The lowest BCUT2D eigenvalue weighted by molar-refractivity contribution is -0.127. The van der Waals surface area contributed by atoms with Crippen molar-refractivity contribution in [1.82, 2.24) is 5.32 Å². The summed E-state index contributed by atoms with van der Waals surface area (Å²) < 4.78 is 22.1. The second-order valence-electron chi connectivity index (χ2n) is 6.86. The van der Waals surface area contributed by atoms with Crippen LogP contribution in [0.5, 0.6) is 0 Å². The molecule has 1 saturated carbocycles. The van der Waals surface area contributed by atoms with Gasteiger partial charge in [0, 0.05) is 18.7 Å². The summed E-state index contributed by atoms with van der Waals surface area (Å²) in [6, 6.07) is 0. The van der Waals surface area contributed by atoms with E-state index in [-0.39, 0.29) is 17.6 Å². The molecule has 124 valence electrons. The van der Waals surface area contributed by atoms with Gasteiger partial charge in [-0.3, -0.25) is 4.79 Å². The summed E-state index contributed by atoms with van der Waals surface area (Å²) in [6.45, 7) is 4.66. The minimum atomic E-state index is -2.93. The average molecular weight is 317 g/mol. The predicted octanol–water partition coefficient (Wildman–Crippen LogP) is 2.78. The fraction of sp³-hybridized carbons (Fsp3) is 0.938. The Bertz CT molecular complexity index is 411. The Morgan fingerprint density at radius 1 is 1.19 bits per heavy atom. The molecule has 0 spiro atoms. The number of sulfone groups is 1. The monoisotopic (exact) mass is 317 g/mol. The highest BCUT2D eigenvalue weighted by Gasteiger charge is 2.26. The van der Waals surface area contributed by atoms with Crippen molar-refractivity contribution in [2.75, 3.05) is 18.6 Å². The molecule has 0 saturated heterocycles. The van der Waals surface area contributed by atoms with Gasteiger partial charge in [-0.25, -0.2) is 8.42 Å². The number of amides is 1. The summed E-state index contributed by atoms with van der Waals surface area (Å²) in [5.74, 6) is 1.33. The lowest BCUT2D eigenvalue weighted by Crippen LogP contribution is -2.36. The number of nitrogens with one attached hydrogen (secondary N) is 1. The summed E-state index contributed by atoms with van der Waals surface area (Å²) in [4.78, 5) is 12.3. The molecular weight excluding hydrogens is 286 g/mol. The molecule has 1 N–H and O–H groups in total. The van der Waals surface area contributed by atoms with E-state index in [4.69, 9.17) is 0 Å². The van der Waals surface area contributed by atoms with E-state index >= 15 is 0 Å². The van der Waals surface area contributed by atoms with Crippen molar-refractivity contribution in [2.24, 2.45) is 17.8 Å². The minimum Gasteiger partial charge on any atom is -0.356 e. The van der Waals surface area contributed by atoms with E-state index in [0.717, 1.165) is 6.42 Å². The molecule has 1 rings (SSSR count). The van der Waals surface area contributed by atoms with Gasteiger partial charge in [0.2, 0.25) is 5.91 Å². The van der Waals surface area contributed by atoms with Crippen molar-refractivity contribution in [1.29, 1.82) is 0 Å². The number of hydrogen-bond donors (Lipinski definition) is 1. The molecule has 1 amide bonds. The largest absolute Gasteiger partial charge is 0.356 e. The number of rotatable bonds is 8. The SMILES string of the molecule is CC(C)[C@@H](CC1CCCCC1)C(=O)NCCCS(C)(=O)=O. The highest BCUT2D eigenvalue weighted by atomic mass is 32.2. The summed E-state index contributed by atoms with van der Waals surface area (Å²) >= 11 is 0. The average Bonchev–Trinajstić information content (AvgIpc) is 2.40. The molecule has 0 radical (unpaired) electrons. The molecule has 0 aromatic heterocycles. The second-order valence-corrected chi connectivity index (χ2v) is 9.12. The third kappa shape index (κ3) is 7.84. The van der Waals surface area contributed by atoms with Crippen LogP contribution in [0, 0.1) is 17.8 Å². The Morgan fingerprint density at radius 3 is 2.33 bits per heavy atom. The number of carbonyl (C=O) groups is 1. The maximum Gasteiger partial charge on any atom is 0.223 e. The molecule has 0 aromatic carbocycles. The van der Waals surface area contributed by atoms with Crippen LogP contribution >= 0.6 is 0 Å². The summed E-state index contributed by atoms with van der Waals surface area (Å²) in [6.07, 6.45) is 9.15. The Balaban J connectivity index is 2.38. The van der Waals surface area contributed by atoms with E-state index < -0.39 is 9.84 Å². The second kappa shape index (κ2) is 8.76. The van der Waals surface area contributed by atoms with Crippen molar-refractivity contribution >= 4 is 15.7 Å². The standard InChI is InChI=1S/C16H31NO3S/c1-13(2)15(12-14-8-5-4-6-9-14)16(18)17-10-7-11-21(3,19)20/h13-15H,4-12H2,1-3H3,(H,17,18)/t15-/m1/s1. The van der Waals surface area contributed by atoms with E-state index in [0.29, 0.717) is 24.8 Å². The van der Waals surface area contributed by atoms with Gasteiger partial charge in [0.1, 0.15) is 9.84 Å². The van der Waals surface area contributed by atoms with Gasteiger partial charge in [0.15, 0.2) is 0 Å². The van der Waals surface area contributed by atoms with Crippen molar-refractivity contribution in [3.63, 3.8) is 0 Å². The van der Waals surface area contributed by atoms with Gasteiger partial charge in [-0.2, -0.15) is 0 Å². The normalized spacial score (nSPS) is 18.7. The van der Waals surface area contributed by atoms with Crippen molar-refractivity contribution < 1.29 is 13.2 Å². The Hall–Kier alpha value is -0.580. The molecule has 1 atom stereocenters. The zero-order valence-electron chi connectivity index (χ0n) is 13.7. The number of hydrogen-bond acceptors (Lipinski definition) is 3. The van der Waals surface area contributed by atoms with E-state index in [9.17, 15) is 13.2 Å². The summed E-state index contributed by atoms with van der Waals surface area (Å²) in [5, 5.41) is 2.92. The van der Waals surface area contributed by atoms with E-state index in [2.05, 4.69) is 19.2 Å². The van der Waals surface area contributed by atoms with Crippen LogP contribution < -0.4 is 5.32 Å². The zero-order chi connectivity index (χ0) is 15.9. The van der Waals surface area contributed by atoms with Gasteiger partial charge in [0.05, 0.1) is 5.75 Å². The first kappa shape index (κ1) is 18.5. The number of carbonyl (C=O) groups excluding carboxylic acids is 1. The van der Waals surface area contributed by atoms with Gasteiger partial charge in [0.25, 0.3) is 0 Å². The smallest absolute Gasteiger partial charge is 0.223 e. The highest BCUT2D eigenvalue weighted by molar-refractivity contribution is 7.90. The van der Waals surface area contributed by atoms with E-state index in [1.165, 1.54) is 38.4 Å². The Labute approximate surface area is 130 Å². The third-order valence-corrected chi connectivity index (χ3v) is 5.47. The van der Waals surface area contributed by atoms with Crippen molar-refractivity contribution in [3.05, 3.63) is 0 Å². The fourth-order valence-corrected chi connectivity index (χ4v) is 3.81. The van der Waals surface area contributed by atoms with Gasteiger partial charge in [-0.15, -0.1) is 0 Å². The van der Waals surface area contributed by atoms with Gasteiger partial charge < -0.3 is 5.32 Å². The van der Waals surface area contributed by atoms with Crippen LogP contribution in [0.2, 0.25) is 0 Å². The molecule has 0 aromatic rings. The predicted molar refractivity (Wildman–Crippen MR) is 86.9 cm³/mol. The summed E-state index contributed by atoms with van der Waals surface area (Å²) in [5.41, 5.74) is 0. The Kier molecular flexibility index (Phi) is 7.71. The first-order chi connectivity index (χ1) is 9.79. The lowest BCUT2D eigenvalue weighted by Gasteiger charge is -2.28. The topological polar surface area (TPSA) is 63.2 Å². The molecule has 1 aliphatic carbocycles. The molecule has 4 nitrogen and oxygen atoms in total. The fourth-order valence-electron chi connectivity index (χ4n) is 3.14. The Morgan fingerprint density at radius 2 is 1.81 bits per heavy atom. The van der Waals surface area contributed by atoms with E-state index in [1.54, 1.807) is 0 Å². The van der Waals surface area contributed by atoms with Crippen LogP contribution in [0.3, 0.4) is 0 Å². The van der Waals surface area contributed by atoms with Crippen LogP contribution in [0.25, 0.3) is 0 Å². The van der Waals surface area contributed by atoms with Gasteiger partial charge >= 0.3 is 0 Å². The molecule has 5 heteroatoms. The molecule has 0 aliphatic heterocycles. The minimum absolute atomic E-state index is 0.0614. The molecule has 1 aliphatic rings. The summed E-state index contributed by atoms with van der Waals surface area (Å²) in [7, 11) is -2.93. The maximum atomic E-state index is 12.3. The third-order valence-electron chi connectivity index (χ3n) is 4.44. The van der Waals surface area contributed by atoms with Gasteiger partial charge in [-0.1, -0.05) is 46.0 Å². The lowest BCUT2D eigenvalue weighted by atomic mass is 9.79. The molecule has 21 heavy (non-hydrogen) atoms. The van der Waals surface area contributed by atoms with Crippen LogP contribution in [-0.2, 0) is 14.6 Å². The molecule has 0 bridgehead atoms. The molecular formula is C16H31NO3S. The zero-order valence-corrected chi connectivity index (χ0v) is 14.5. The first-order valence-electron chi connectivity index (χ1n) is 8.25. The van der Waals surface area contributed by atoms with Crippen molar-refractivity contribution in [3.8, 4) is 0 Å². The van der Waals surface area contributed by atoms with Crippen LogP contribution in [-0.4, -0.2) is 32.9 Å². The van der Waals surface area contributed by atoms with E-state index in [1.807, 2.05) is 0 Å². The first-order valence-corrected chi connectivity index (χ1v) is 10.3. The van der Waals surface area contributed by atoms with Gasteiger partial charge in [-0.05, 0) is 24.7 Å². The van der Waals surface area contributed by atoms with Crippen molar-refractivity contribution in [2.45, 2.75) is 58.8 Å². The van der Waals surface area contributed by atoms with Crippen LogP contribution in [0.15, 0.2) is 0 Å². The van der Waals surface area contributed by atoms with Crippen LogP contribution in [0.4, 0.5) is 0 Å². The molecule has 1 fully saturated rings. The highest BCUT2D eigenvalue weighted by Crippen LogP contribution is 2.31. The quantitative estimate of drug-likeness (QED) is 0.700. The molecule has 0 heterocycles. The molecule has 0 unspecified atom stereocenters.